The molecular weight excluding hydrogens is 265 g/mol. The predicted molar refractivity (Wildman–Crippen MR) is 71.2 cm³/mol. The highest BCUT2D eigenvalue weighted by atomic mass is 19.4. The van der Waals surface area contributed by atoms with Gasteiger partial charge >= 0.3 is 6.18 Å². The third-order valence-electron chi connectivity index (χ3n) is 3.13. The summed E-state index contributed by atoms with van der Waals surface area (Å²) in [5.41, 5.74) is 0.396. The van der Waals surface area contributed by atoms with Crippen molar-refractivity contribution in [1.82, 2.24) is 10.3 Å². The van der Waals surface area contributed by atoms with Crippen LogP contribution in [0.2, 0.25) is 0 Å². The van der Waals surface area contributed by atoms with Crippen LogP contribution in [0.25, 0.3) is 0 Å². The molecule has 0 radical (unpaired) electrons. The van der Waals surface area contributed by atoms with Crippen molar-refractivity contribution in [3.05, 3.63) is 65.5 Å². The van der Waals surface area contributed by atoms with E-state index < -0.39 is 17.8 Å². The monoisotopic (exact) mass is 280 g/mol. The molecule has 0 fully saturated rings. The lowest BCUT2D eigenvalue weighted by Crippen LogP contribution is -2.23. The van der Waals surface area contributed by atoms with Gasteiger partial charge in [0.2, 0.25) is 0 Å². The average Bonchev–Trinajstić information content (AvgIpc) is 2.45. The van der Waals surface area contributed by atoms with Gasteiger partial charge in [0.05, 0.1) is 5.56 Å². The van der Waals surface area contributed by atoms with E-state index in [1.54, 1.807) is 31.4 Å². The molecule has 2 nitrogen and oxygen atoms in total. The van der Waals surface area contributed by atoms with Gasteiger partial charge in [-0.1, -0.05) is 24.3 Å². The van der Waals surface area contributed by atoms with E-state index in [2.05, 4.69) is 10.3 Å². The van der Waals surface area contributed by atoms with Crippen LogP contribution in [-0.2, 0) is 12.6 Å². The van der Waals surface area contributed by atoms with Gasteiger partial charge in [-0.25, -0.2) is 0 Å². The number of aromatic nitrogens is 1. The molecule has 0 spiro atoms. The Morgan fingerprint density at radius 3 is 2.40 bits per heavy atom. The van der Waals surface area contributed by atoms with Crippen LogP contribution in [0, 0.1) is 0 Å². The highest BCUT2D eigenvalue weighted by Gasteiger charge is 2.34. The molecule has 20 heavy (non-hydrogen) atoms. The molecule has 0 saturated heterocycles. The lowest BCUT2D eigenvalue weighted by Gasteiger charge is -2.21. The summed E-state index contributed by atoms with van der Waals surface area (Å²) >= 11 is 0. The molecule has 1 atom stereocenters. The summed E-state index contributed by atoms with van der Waals surface area (Å²) in [6.45, 7) is 0. The van der Waals surface area contributed by atoms with Crippen molar-refractivity contribution in [1.29, 1.82) is 0 Å². The number of hydrogen-bond acceptors (Lipinski definition) is 2. The molecule has 0 bridgehead atoms. The molecule has 5 heteroatoms. The van der Waals surface area contributed by atoms with E-state index in [0.29, 0.717) is 6.42 Å². The van der Waals surface area contributed by atoms with E-state index in [0.717, 1.165) is 11.8 Å². The van der Waals surface area contributed by atoms with Crippen LogP contribution in [0.4, 0.5) is 13.2 Å². The standard InChI is InChI=1S/C15H15F3N2/c1-19-14(10-11-6-4-5-9-20-11)12-7-2-3-8-13(12)15(16,17)18/h2-9,14,19H,10H2,1H3. The van der Waals surface area contributed by atoms with Crippen LogP contribution in [0.1, 0.15) is 22.9 Å². The van der Waals surface area contributed by atoms with Gasteiger partial charge in [0, 0.05) is 24.4 Å². The molecule has 0 saturated carbocycles. The number of likely N-dealkylation sites (N-methyl/N-ethyl adjacent to an activating group) is 1. The van der Waals surface area contributed by atoms with E-state index in [1.807, 2.05) is 6.07 Å². The van der Waals surface area contributed by atoms with Crippen molar-refractivity contribution >= 4 is 0 Å². The van der Waals surface area contributed by atoms with Gasteiger partial charge < -0.3 is 5.32 Å². The minimum Gasteiger partial charge on any atom is -0.313 e. The van der Waals surface area contributed by atoms with Crippen molar-refractivity contribution < 1.29 is 13.2 Å². The molecule has 1 aromatic heterocycles. The molecule has 1 aromatic carbocycles. The van der Waals surface area contributed by atoms with Gasteiger partial charge in [0.25, 0.3) is 0 Å². The van der Waals surface area contributed by atoms with E-state index in [-0.39, 0.29) is 5.56 Å². The third kappa shape index (κ3) is 3.36. The van der Waals surface area contributed by atoms with Gasteiger partial charge in [0.1, 0.15) is 0 Å². The highest BCUT2D eigenvalue weighted by Crippen LogP contribution is 2.35. The van der Waals surface area contributed by atoms with Crippen molar-refractivity contribution in [2.75, 3.05) is 7.05 Å². The first-order valence-corrected chi connectivity index (χ1v) is 6.25. The van der Waals surface area contributed by atoms with E-state index in [1.165, 1.54) is 12.1 Å². The maximum atomic E-state index is 13.0. The first kappa shape index (κ1) is 14.5. The number of pyridine rings is 1. The number of rotatable bonds is 4. The lowest BCUT2D eigenvalue weighted by atomic mass is 9.96. The molecule has 0 aliphatic heterocycles. The second kappa shape index (κ2) is 6.05. The fourth-order valence-corrected chi connectivity index (χ4v) is 2.15. The van der Waals surface area contributed by atoms with Crippen LogP contribution < -0.4 is 5.32 Å². The van der Waals surface area contributed by atoms with Crippen molar-refractivity contribution in [2.24, 2.45) is 0 Å². The van der Waals surface area contributed by atoms with E-state index in [9.17, 15) is 13.2 Å². The fraction of sp³-hybridized carbons (Fsp3) is 0.267. The Labute approximate surface area is 115 Å². The third-order valence-corrected chi connectivity index (χ3v) is 3.13. The Morgan fingerprint density at radius 2 is 1.80 bits per heavy atom. The van der Waals surface area contributed by atoms with Crippen LogP contribution >= 0.6 is 0 Å². The van der Waals surface area contributed by atoms with Gasteiger partial charge in [0.15, 0.2) is 0 Å². The minimum atomic E-state index is -4.35. The number of nitrogens with zero attached hydrogens (tertiary/aromatic N) is 1. The predicted octanol–water partition coefficient (Wildman–Crippen LogP) is 3.60. The Morgan fingerprint density at radius 1 is 1.10 bits per heavy atom. The van der Waals surface area contributed by atoms with Crippen molar-refractivity contribution in [2.45, 2.75) is 18.6 Å². The van der Waals surface area contributed by atoms with Crippen LogP contribution in [0.15, 0.2) is 48.7 Å². The smallest absolute Gasteiger partial charge is 0.313 e. The largest absolute Gasteiger partial charge is 0.416 e. The zero-order valence-electron chi connectivity index (χ0n) is 11.0. The first-order chi connectivity index (χ1) is 9.52. The topological polar surface area (TPSA) is 24.9 Å². The van der Waals surface area contributed by atoms with Gasteiger partial charge in [-0.2, -0.15) is 13.2 Å². The summed E-state index contributed by atoms with van der Waals surface area (Å²) in [5, 5.41) is 2.94. The molecule has 1 N–H and O–H groups in total. The number of nitrogens with one attached hydrogen (secondary N) is 1. The van der Waals surface area contributed by atoms with Gasteiger partial charge in [-0.15, -0.1) is 0 Å². The average molecular weight is 280 g/mol. The molecule has 0 aliphatic rings. The van der Waals surface area contributed by atoms with E-state index >= 15 is 0 Å². The van der Waals surface area contributed by atoms with Crippen LogP contribution in [-0.4, -0.2) is 12.0 Å². The highest BCUT2D eigenvalue weighted by molar-refractivity contribution is 5.33. The molecule has 0 amide bonds. The summed E-state index contributed by atoms with van der Waals surface area (Å²) in [5.74, 6) is 0. The second-order valence-corrected chi connectivity index (χ2v) is 4.45. The summed E-state index contributed by atoms with van der Waals surface area (Å²) in [6.07, 6.45) is -2.31. The Kier molecular flexibility index (Phi) is 4.39. The molecule has 106 valence electrons. The van der Waals surface area contributed by atoms with Crippen LogP contribution in [0.5, 0.6) is 0 Å². The van der Waals surface area contributed by atoms with Gasteiger partial charge in [-0.3, -0.25) is 4.98 Å². The lowest BCUT2D eigenvalue weighted by molar-refractivity contribution is -0.138. The van der Waals surface area contributed by atoms with Crippen molar-refractivity contribution in [3.63, 3.8) is 0 Å². The minimum absolute atomic E-state index is 0.244. The van der Waals surface area contributed by atoms with Crippen molar-refractivity contribution in [3.8, 4) is 0 Å². The zero-order valence-corrected chi connectivity index (χ0v) is 11.0. The Balaban J connectivity index is 2.33. The first-order valence-electron chi connectivity index (χ1n) is 6.25. The number of hydrogen-bond donors (Lipinski definition) is 1. The number of benzene rings is 1. The summed E-state index contributed by atoms with van der Waals surface area (Å²) in [4.78, 5) is 4.16. The molecule has 0 aliphatic carbocycles. The quantitative estimate of drug-likeness (QED) is 0.925. The van der Waals surface area contributed by atoms with E-state index in [4.69, 9.17) is 0 Å². The normalized spacial score (nSPS) is 13.2. The Bertz CT molecular complexity index is 553. The summed E-state index contributed by atoms with van der Waals surface area (Å²) < 4.78 is 39.1. The maximum absolute atomic E-state index is 13.0. The summed E-state index contributed by atoms with van der Waals surface area (Å²) in [7, 11) is 1.65. The molecule has 1 heterocycles. The Hall–Kier alpha value is -1.88. The molecule has 2 aromatic rings. The molecule has 1 unspecified atom stereocenters. The second-order valence-electron chi connectivity index (χ2n) is 4.45. The number of halogens is 3. The van der Waals surface area contributed by atoms with Crippen LogP contribution in [0.3, 0.4) is 0 Å². The molecule has 2 rings (SSSR count). The number of alkyl halides is 3. The zero-order chi connectivity index (χ0) is 14.6. The summed E-state index contributed by atoms with van der Waals surface area (Å²) in [6, 6.07) is 10.6. The SMILES string of the molecule is CNC(Cc1ccccn1)c1ccccc1C(F)(F)F. The molecular formula is C15H15F3N2. The fourth-order valence-electron chi connectivity index (χ4n) is 2.15. The maximum Gasteiger partial charge on any atom is 0.416 e. The van der Waals surface area contributed by atoms with Gasteiger partial charge in [-0.05, 0) is 30.8 Å².